The third-order valence-electron chi connectivity index (χ3n) is 3.08. The number of hydrogen-bond donors (Lipinski definition) is 1. The molecule has 18 heavy (non-hydrogen) atoms. The van der Waals surface area contributed by atoms with E-state index in [-0.39, 0.29) is 18.3 Å². The van der Waals surface area contributed by atoms with Crippen LogP contribution in [0.5, 0.6) is 0 Å². The van der Waals surface area contributed by atoms with Crippen LogP contribution in [0.4, 0.5) is 0 Å². The van der Waals surface area contributed by atoms with Gasteiger partial charge in [0.25, 0.3) is 0 Å². The Balaban J connectivity index is 0.00000289. The van der Waals surface area contributed by atoms with Crippen molar-refractivity contribution in [2.75, 3.05) is 13.6 Å². The van der Waals surface area contributed by atoms with Crippen molar-refractivity contribution in [1.29, 1.82) is 0 Å². The van der Waals surface area contributed by atoms with E-state index >= 15 is 0 Å². The van der Waals surface area contributed by atoms with Gasteiger partial charge in [-0.3, -0.25) is 4.79 Å². The summed E-state index contributed by atoms with van der Waals surface area (Å²) in [6, 6.07) is 8.95. The minimum Gasteiger partial charge on any atom is -0.344 e. The molecule has 4 heteroatoms. The Morgan fingerprint density at radius 3 is 2.39 bits per heavy atom. The van der Waals surface area contributed by atoms with Gasteiger partial charge in [0.05, 0.1) is 0 Å². The Hall–Kier alpha value is -1.06. The van der Waals surface area contributed by atoms with Crippen molar-refractivity contribution < 1.29 is 4.79 Å². The minimum absolute atomic E-state index is 0. The maximum absolute atomic E-state index is 12.1. The van der Waals surface area contributed by atoms with Crippen molar-refractivity contribution in [2.24, 2.45) is 11.7 Å². The van der Waals surface area contributed by atoms with Gasteiger partial charge in [0, 0.05) is 13.6 Å². The zero-order chi connectivity index (χ0) is 12.8. The molecule has 2 N–H and O–H groups in total. The van der Waals surface area contributed by atoms with Crippen LogP contribution in [0.25, 0.3) is 0 Å². The van der Waals surface area contributed by atoms with E-state index in [1.165, 1.54) is 0 Å². The van der Waals surface area contributed by atoms with Crippen LogP contribution in [0, 0.1) is 5.92 Å². The third-order valence-corrected chi connectivity index (χ3v) is 3.08. The number of rotatable bonds is 5. The van der Waals surface area contributed by atoms with E-state index in [9.17, 15) is 4.79 Å². The van der Waals surface area contributed by atoms with Crippen LogP contribution in [0.1, 0.15) is 31.9 Å². The van der Waals surface area contributed by atoms with E-state index < -0.39 is 6.04 Å². The maximum atomic E-state index is 12.1. The van der Waals surface area contributed by atoms with Crippen molar-refractivity contribution in [1.82, 2.24) is 4.90 Å². The highest BCUT2D eigenvalue weighted by molar-refractivity contribution is 5.85. The summed E-state index contributed by atoms with van der Waals surface area (Å²) in [6.45, 7) is 5.02. The molecule has 1 aromatic carbocycles. The number of hydrogen-bond acceptors (Lipinski definition) is 2. The van der Waals surface area contributed by atoms with Gasteiger partial charge in [0.2, 0.25) is 5.91 Å². The molecule has 0 aliphatic rings. The van der Waals surface area contributed by atoms with E-state index in [1.54, 1.807) is 4.90 Å². The van der Waals surface area contributed by atoms with Crippen molar-refractivity contribution in [2.45, 2.75) is 26.3 Å². The second-order valence-corrected chi connectivity index (χ2v) is 4.62. The molecule has 0 spiro atoms. The molecule has 0 aliphatic heterocycles. The molecule has 0 aliphatic carbocycles. The summed E-state index contributed by atoms with van der Waals surface area (Å²) in [5.41, 5.74) is 6.83. The number of carbonyl (C=O) groups excluding carboxylic acids is 1. The molecule has 0 saturated carbocycles. The van der Waals surface area contributed by atoms with Gasteiger partial charge in [-0.05, 0) is 11.5 Å². The van der Waals surface area contributed by atoms with Crippen LogP contribution >= 0.6 is 12.4 Å². The van der Waals surface area contributed by atoms with Crippen molar-refractivity contribution in [3.63, 3.8) is 0 Å². The van der Waals surface area contributed by atoms with Gasteiger partial charge in [-0.15, -0.1) is 12.4 Å². The topological polar surface area (TPSA) is 46.3 Å². The van der Waals surface area contributed by atoms with Gasteiger partial charge in [0.15, 0.2) is 0 Å². The SMILES string of the molecule is CCC(C)CN(C)C(=O)C(N)c1ccccc1.Cl. The smallest absolute Gasteiger partial charge is 0.243 e. The average molecular weight is 271 g/mol. The van der Waals surface area contributed by atoms with Gasteiger partial charge in [-0.2, -0.15) is 0 Å². The lowest BCUT2D eigenvalue weighted by Crippen LogP contribution is -2.38. The molecule has 1 rings (SSSR count). The first-order chi connectivity index (χ1) is 8.06. The number of carbonyl (C=O) groups is 1. The van der Waals surface area contributed by atoms with E-state index in [1.807, 2.05) is 37.4 Å². The summed E-state index contributed by atoms with van der Waals surface area (Å²) < 4.78 is 0. The van der Waals surface area contributed by atoms with Gasteiger partial charge in [-0.1, -0.05) is 50.6 Å². The first kappa shape index (κ1) is 16.9. The fourth-order valence-corrected chi connectivity index (χ4v) is 1.73. The predicted octanol–water partition coefficient (Wildman–Crippen LogP) is 2.61. The molecule has 2 unspecified atom stereocenters. The number of nitrogens with zero attached hydrogens (tertiary/aromatic N) is 1. The lowest BCUT2D eigenvalue weighted by atomic mass is 10.1. The molecule has 0 bridgehead atoms. The monoisotopic (exact) mass is 270 g/mol. The number of nitrogens with two attached hydrogens (primary N) is 1. The van der Waals surface area contributed by atoms with E-state index in [4.69, 9.17) is 5.73 Å². The molecule has 2 atom stereocenters. The summed E-state index contributed by atoms with van der Waals surface area (Å²) in [5.74, 6) is 0.489. The Morgan fingerprint density at radius 2 is 1.89 bits per heavy atom. The Kier molecular flexibility index (Phi) is 7.64. The standard InChI is InChI=1S/C14H22N2O.ClH/c1-4-11(2)10-16(3)14(17)13(15)12-8-6-5-7-9-12;/h5-9,11,13H,4,10,15H2,1-3H3;1H. The van der Waals surface area contributed by atoms with Gasteiger partial charge in [0.1, 0.15) is 6.04 Å². The maximum Gasteiger partial charge on any atom is 0.243 e. The summed E-state index contributed by atoms with van der Waals surface area (Å²) in [4.78, 5) is 13.8. The molecule has 1 amide bonds. The largest absolute Gasteiger partial charge is 0.344 e. The lowest BCUT2D eigenvalue weighted by Gasteiger charge is -2.24. The van der Waals surface area contributed by atoms with E-state index in [2.05, 4.69) is 13.8 Å². The minimum atomic E-state index is -0.551. The Labute approximate surface area is 116 Å². The van der Waals surface area contributed by atoms with Crippen LogP contribution in [-0.2, 0) is 4.79 Å². The molecule has 102 valence electrons. The zero-order valence-corrected chi connectivity index (χ0v) is 12.1. The van der Waals surface area contributed by atoms with Crippen LogP contribution in [0.15, 0.2) is 30.3 Å². The van der Waals surface area contributed by atoms with Gasteiger partial charge in [-0.25, -0.2) is 0 Å². The highest BCUT2D eigenvalue weighted by atomic mass is 35.5. The van der Waals surface area contributed by atoms with E-state index in [0.29, 0.717) is 5.92 Å². The van der Waals surface area contributed by atoms with Crippen LogP contribution in [-0.4, -0.2) is 24.4 Å². The normalized spacial score (nSPS) is 13.3. The molecule has 0 saturated heterocycles. The van der Waals surface area contributed by atoms with Crippen molar-refractivity contribution in [3.05, 3.63) is 35.9 Å². The molecule has 1 aromatic rings. The quantitative estimate of drug-likeness (QED) is 0.894. The first-order valence-corrected chi connectivity index (χ1v) is 6.11. The first-order valence-electron chi connectivity index (χ1n) is 6.11. The van der Waals surface area contributed by atoms with Crippen LogP contribution in [0.3, 0.4) is 0 Å². The van der Waals surface area contributed by atoms with Crippen LogP contribution in [0.2, 0.25) is 0 Å². The predicted molar refractivity (Wildman–Crippen MR) is 77.7 cm³/mol. The molecule has 0 heterocycles. The van der Waals surface area contributed by atoms with Crippen LogP contribution < -0.4 is 5.73 Å². The second kappa shape index (κ2) is 8.11. The lowest BCUT2D eigenvalue weighted by molar-refractivity contribution is -0.131. The van der Waals surface area contributed by atoms with Crippen molar-refractivity contribution in [3.8, 4) is 0 Å². The fourth-order valence-electron chi connectivity index (χ4n) is 1.73. The number of benzene rings is 1. The summed E-state index contributed by atoms with van der Waals surface area (Å²) >= 11 is 0. The summed E-state index contributed by atoms with van der Waals surface area (Å²) in [5, 5.41) is 0. The fraction of sp³-hybridized carbons (Fsp3) is 0.500. The Bertz CT molecular complexity index is 356. The molecule has 0 aromatic heterocycles. The molecule has 0 fully saturated rings. The number of amides is 1. The molecular weight excluding hydrogens is 248 g/mol. The zero-order valence-electron chi connectivity index (χ0n) is 11.3. The second-order valence-electron chi connectivity index (χ2n) is 4.62. The van der Waals surface area contributed by atoms with Crippen molar-refractivity contribution >= 4 is 18.3 Å². The van der Waals surface area contributed by atoms with Gasteiger partial charge >= 0.3 is 0 Å². The Morgan fingerprint density at radius 1 is 1.33 bits per heavy atom. The number of likely N-dealkylation sites (N-methyl/N-ethyl adjacent to an activating group) is 1. The highest BCUT2D eigenvalue weighted by Crippen LogP contribution is 2.13. The average Bonchev–Trinajstić information content (AvgIpc) is 2.37. The van der Waals surface area contributed by atoms with E-state index in [0.717, 1.165) is 18.5 Å². The molecule has 0 radical (unpaired) electrons. The van der Waals surface area contributed by atoms with Gasteiger partial charge < -0.3 is 10.6 Å². The molecule has 3 nitrogen and oxygen atoms in total. The third kappa shape index (κ3) is 4.67. The summed E-state index contributed by atoms with van der Waals surface area (Å²) in [6.07, 6.45) is 1.07. The summed E-state index contributed by atoms with van der Waals surface area (Å²) in [7, 11) is 1.82. The molecular formula is C14H23ClN2O. The highest BCUT2D eigenvalue weighted by Gasteiger charge is 2.20. The number of halogens is 1.